The van der Waals surface area contributed by atoms with Gasteiger partial charge in [0.15, 0.2) is 0 Å². The molecule has 1 aliphatic rings. The molecule has 3 N–H and O–H groups in total. The van der Waals surface area contributed by atoms with Crippen LogP contribution in [0.3, 0.4) is 0 Å². The summed E-state index contributed by atoms with van der Waals surface area (Å²) in [7, 11) is 1.73. The summed E-state index contributed by atoms with van der Waals surface area (Å²) in [4.78, 5) is 8.64. The van der Waals surface area contributed by atoms with Crippen molar-refractivity contribution in [3.8, 4) is 0 Å². The van der Waals surface area contributed by atoms with Crippen molar-refractivity contribution in [3.05, 3.63) is 17.2 Å². The number of piperazine rings is 1. The van der Waals surface area contributed by atoms with Gasteiger partial charge in [-0.1, -0.05) is 0 Å². The molecular formula is C11H21N5O3. The van der Waals surface area contributed by atoms with Crippen molar-refractivity contribution in [3.63, 3.8) is 0 Å². The average Bonchev–Trinajstić information content (AvgIpc) is 2.74. The zero-order valence-electron chi connectivity index (χ0n) is 11.1. The van der Waals surface area contributed by atoms with Crippen molar-refractivity contribution in [2.45, 2.75) is 6.54 Å². The number of aromatic nitrogens is 2. The molecule has 1 fully saturated rings. The third kappa shape index (κ3) is 3.50. The lowest BCUT2D eigenvalue weighted by Gasteiger charge is -2.34. The van der Waals surface area contributed by atoms with E-state index in [0.717, 1.165) is 38.5 Å². The quantitative estimate of drug-likeness (QED) is 0.533. The van der Waals surface area contributed by atoms with Crippen molar-refractivity contribution in [1.29, 1.82) is 0 Å². The first kappa shape index (κ1) is 14.4. The second kappa shape index (κ2) is 6.42. The Morgan fingerprint density at radius 1 is 1.32 bits per heavy atom. The molecule has 108 valence electrons. The van der Waals surface area contributed by atoms with Crippen LogP contribution in [-0.2, 0) is 13.6 Å². The molecule has 0 radical (unpaired) electrons. The van der Waals surface area contributed by atoms with E-state index >= 15 is 0 Å². The van der Waals surface area contributed by atoms with E-state index in [-0.39, 0.29) is 12.4 Å². The van der Waals surface area contributed by atoms with E-state index in [1.54, 1.807) is 11.6 Å². The fraction of sp³-hybridized carbons (Fsp3) is 0.727. The molecule has 1 saturated heterocycles. The highest BCUT2D eigenvalue weighted by Crippen LogP contribution is 2.09. The molecule has 1 aliphatic heterocycles. The van der Waals surface area contributed by atoms with E-state index in [4.69, 9.17) is 10.3 Å². The molecule has 0 saturated carbocycles. The molecule has 1 aromatic rings. The maximum Gasteiger partial charge on any atom is 0.259 e. The van der Waals surface area contributed by atoms with Crippen molar-refractivity contribution >= 4 is 5.82 Å². The summed E-state index contributed by atoms with van der Waals surface area (Å²) in [5.74, 6) is 0.988. The van der Waals surface area contributed by atoms with Crippen molar-refractivity contribution in [2.24, 2.45) is 7.05 Å². The van der Waals surface area contributed by atoms with E-state index in [0.29, 0.717) is 6.54 Å². The van der Waals surface area contributed by atoms with Crippen molar-refractivity contribution in [2.75, 3.05) is 39.3 Å². The first-order valence-corrected chi connectivity index (χ1v) is 6.41. The van der Waals surface area contributed by atoms with Gasteiger partial charge in [0.25, 0.3) is 5.82 Å². The van der Waals surface area contributed by atoms with Gasteiger partial charge in [-0.25, -0.2) is 10.2 Å². The maximum atomic E-state index is 10.9. The van der Waals surface area contributed by atoms with E-state index in [1.165, 1.54) is 6.20 Å². The number of quaternary nitrogens is 1. The lowest BCUT2D eigenvalue weighted by Crippen LogP contribution is -2.99. The predicted octanol–water partition coefficient (Wildman–Crippen LogP) is -2.07. The smallest absolute Gasteiger partial charge is 0.259 e. The summed E-state index contributed by atoms with van der Waals surface area (Å²) >= 11 is 0. The van der Waals surface area contributed by atoms with Gasteiger partial charge in [-0.3, -0.25) is 14.4 Å². The summed E-state index contributed by atoms with van der Waals surface area (Å²) in [6.07, 6.45) is 1.40. The molecule has 0 aromatic carbocycles. The van der Waals surface area contributed by atoms with E-state index in [9.17, 15) is 5.21 Å². The van der Waals surface area contributed by atoms with Crippen LogP contribution in [0.25, 0.3) is 0 Å². The topological polar surface area (TPSA) is 92.3 Å². The molecule has 19 heavy (non-hydrogen) atoms. The fourth-order valence-electron chi connectivity index (χ4n) is 2.31. The van der Waals surface area contributed by atoms with E-state index in [2.05, 4.69) is 14.8 Å². The first-order valence-electron chi connectivity index (χ1n) is 6.41. The summed E-state index contributed by atoms with van der Waals surface area (Å²) in [6.45, 7) is 5.26. The van der Waals surface area contributed by atoms with Crippen LogP contribution in [0, 0.1) is 5.21 Å². The minimum atomic E-state index is -0.950. The molecule has 1 unspecified atom stereocenters. The summed E-state index contributed by atoms with van der Waals surface area (Å²) < 4.78 is 1.63. The number of β-amino-alcohol motifs (C(OH)–C–C–N with tert-alkyl or cyclic N) is 1. The SMILES string of the molecule is Cn1c([NH+]([O-])O)cnc1CN1CCN(CCO)CC1. The summed E-state index contributed by atoms with van der Waals surface area (Å²) in [6, 6.07) is 0. The molecule has 0 spiro atoms. The minimum Gasteiger partial charge on any atom is -0.594 e. The minimum absolute atomic E-state index is 0.196. The Morgan fingerprint density at radius 2 is 1.95 bits per heavy atom. The Morgan fingerprint density at radius 3 is 2.47 bits per heavy atom. The Hall–Kier alpha value is -1.03. The van der Waals surface area contributed by atoms with Gasteiger partial charge < -0.3 is 10.3 Å². The highest BCUT2D eigenvalue weighted by Gasteiger charge is 2.19. The average molecular weight is 271 g/mol. The van der Waals surface area contributed by atoms with Gasteiger partial charge in [0.1, 0.15) is 12.0 Å². The van der Waals surface area contributed by atoms with Crippen LogP contribution in [0.4, 0.5) is 5.82 Å². The second-order valence-electron chi connectivity index (χ2n) is 4.77. The molecule has 8 nitrogen and oxygen atoms in total. The van der Waals surface area contributed by atoms with Gasteiger partial charge in [-0.15, -0.1) is 0 Å². The van der Waals surface area contributed by atoms with Crippen LogP contribution in [0.2, 0.25) is 0 Å². The first-order chi connectivity index (χ1) is 9.11. The van der Waals surface area contributed by atoms with Gasteiger partial charge in [-0.2, -0.15) is 5.23 Å². The van der Waals surface area contributed by atoms with E-state index < -0.39 is 5.23 Å². The number of rotatable bonds is 5. The van der Waals surface area contributed by atoms with Crippen LogP contribution in [-0.4, -0.2) is 69.0 Å². The van der Waals surface area contributed by atoms with Crippen molar-refractivity contribution in [1.82, 2.24) is 19.4 Å². The van der Waals surface area contributed by atoms with Crippen molar-refractivity contribution < 1.29 is 15.5 Å². The standard InChI is InChI=1S/C11H21N5O3/c1-13-10(12-8-11(13)16(18)19)9-15-4-2-14(3-5-15)6-7-17/h8,16-18H,2-7,9H2,1H3. The molecule has 2 rings (SSSR count). The molecule has 0 amide bonds. The van der Waals surface area contributed by atoms with Gasteiger partial charge in [0.05, 0.1) is 13.2 Å². The van der Waals surface area contributed by atoms with Crippen LogP contribution in [0.5, 0.6) is 0 Å². The number of aliphatic hydroxyl groups is 1. The van der Waals surface area contributed by atoms with Crippen LogP contribution in [0.1, 0.15) is 5.82 Å². The lowest BCUT2D eigenvalue weighted by atomic mass is 10.3. The Kier molecular flexibility index (Phi) is 4.86. The molecule has 0 bridgehead atoms. The van der Waals surface area contributed by atoms with Gasteiger partial charge in [-0.05, 0) is 0 Å². The summed E-state index contributed by atoms with van der Waals surface area (Å²) in [5.41, 5.74) is 0. The lowest BCUT2D eigenvalue weighted by molar-refractivity contribution is -0.994. The molecule has 0 aliphatic carbocycles. The Bertz CT molecular complexity index is 401. The monoisotopic (exact) mass is 271 g/mol. The number of imidazole rings is 1. The third-order valence-corrected chi connectivity index (χ3v) is 3.55. The molecule has 1 atom stereocenters. The number of hydrogen-bond acceptors (Lipinski definition) is 6. The summed E-state index contributed by atoms with van der Waals surface area (Å²) in [5, 5.41) is 27.8. The maximum absolute atomic E-state index is 10.9. The number of nitrogens with one attached hydrogen (secondary N) is 1. The zero-order valence-corrected chi connectivity index (χ0v) is 11.1. The Balaban J connectivity index is 1.89. The van der Waals surface area contributed by atoms with Crippen LogP contribution < -0.4 is 5.23 Å². The number of nitrogens with zero attached hydrogens (tertiary/aromatic N) is 4. The Labute approximate surface area is 112 Å². The molecular weight excluding hydrogens is 250 g/mol. The number of hydrogen-bond donors (Lipinski definition) is 3. The molecule has 8 heteroatoms. The fourth-order valence-corrected chi connectivity index (χ4v) is 2.31. The third-order valence-electron chi connectivity index (χ3n) is 3.55. The zero-order chi connectivity index (χ0) is 13.8. The van der Waals surface area contributed by atoms with Gasteiger partial charge >= 0.3 is 0 Å². The van der Waals surface area contributed by atoms with Gasteiger partial charge in [0.2, 0.25) is 0 Å². The largest absolute Gasteiger partial charge is 0.594 e. The predicted molar refractivity (Wildman–Crippen MR) is 67.8 cm³/mol. The number of aliphatic hydroxyl groups excluding tert-OH is 1. The highest BCUT2D eigenvalue weighted by atomic mass is 16.8. The van der Waals surface area contributed by atoms with Crippen LogP contribution >= 0.6 is 0 Å². The molecule has 1 aromatic heterocycles. The second-order valence-corrected chi connectivity index (χ2v) is 4.77. The van der Waals surface area contributed by atoms with Crippen LogP contribution in [0.15, 0.2) is 6.20 Å². The van der Waals surface area contributed by atoms with Gasteiger partial charge in [0, 0.05) is 39.8 Å². The molecule has 2 heterocycles. The highest BCUT2D eigenvalue weighted by molar-refractivity contribution is 5.17. The van der Waals surface area contributed by atoms with E-state index in [1.807, 2.05) is 0 Å². The normalized spacial score (nSPS) is 19.8.